The zero-order valence-electron chi connectivity index (χ0n) is 18.1. The minimum atomic E-state index is -4.50. The molecule has 11 heteroatoms. The van der Waals surface area contributed by atoms with Gasteiger partial charge in [-0.05, 0) is 36.2 Å². The Morgan fingerprint density at radius 3 is 2.36 bits per heavy atom. The highest BCUT2D eigenvalue weighted by molar-refractivity contribution is 6.05. The quantitative estimate of drug-likeness (QED) is 0.548. The second-order valence-corrected chi connectivity index (χ2v) is 7.43. The fraction of sp³-hybridized carbons (Fsp3) is 0.273. The number of hydrogen-bond acceptors (Lipinski definition) is 5. The van der Waals surface area contributed by atoms with E-state index >= 15 is 0 Å². The zero-order valence-corrected chi connectivity index (χ0v) is 18.1. The van der Waals surface area contributed by atoms with Gasteiger partial charge in [-0.15, -0.1) is 0 Å². The predicted octanol–water partition coefficient (Wildman–Crippen LogP) is 4.25. The van der Waals surface area contributed by atoms with Crippen molar-refractivity contribution in [1.29, 1.82) is 0 Å². The second kappa shape index (κ2) is 9.82. The number of halogens is 3. The molecule has 33 heavy (non-hydrogen) atoms. The SMILES string of the molecule is COCC(=O)Nc1cccc(NC(=O)c2cnn(-c3ccc(C(F)(F)F)cn3)c2C(C)C)c1. The molecule has 3 aromatic rings. The number of carbonyl (C=O) groups is 2. The molecule has 2 N–H and O–H groups in total. The van der Waals surface area contributed by atoms with E-state index in [0.717, 1.165) is 12.3 Å². The smallest absolute Gasteiger partial charge is 0.375 e. The average molecular weight is 461 g/mol. The van der Waals surface area contributed by atoms with Gasteiger partial charge in [-0.2, -0.15) is 18.3 Å². The van der Waals surface area contributed by atoms with Gasteiger partial charge in [0.15, 0.2) is 5.82 Å². The monoisotopic (exact) mass is 461 g/mol. The van der Waals surface area contributed by atoms with Gasteiger partial charge in [-0.25, -0.2) is 9.67 Å². The van der Waals surface area contributed by atoms with Gasteiger partial charge < -0.3 is 15.4 Å². The van der Waals surface area contributed by atoms with Gasteiger partial charge in [0.2, 0.25) is 5.91 Å². The van der Waals surface area contributed by atoms with Crippen LogP contribution in [0.15, 0.2) is 48.8 Å². The fourth-order valence-corrected chi connectivity index (χ4v) is 3.15. The average Bonchev–Trinajstić information content (AvgIpc) is 3.19. The molecule has 1 aromatic carbocycles. The number of amides is 2. The summed E-state index contributed by atoms with van der Waals surface area (Å²) in [4.78, 5) is 28.5. The first-order valence-electron chi connectivity index (χ1n) is 9.92. The van der Waals surface area contributed by atoms with Crippen molar-refractivity contribution in [2.45, 2.75) is 25.9 Å². The number of benzene rings is 1. The number of pyridine rings is 1. The van der Waals surface area contributed by atoms with Crippen LogP contribution in [0.4, 0.5) is 24.5 Å². The molecule has 0 bridgehead atoms. The third kappa shape index (κ3) is 5.75. The minimum Gasteiger partial charge on any atom is -0.375 e. The van der Waals surface area contributed by atoms with Gasteiger partial charge in [0, 0.05) is 24.7 Å². The van der Waals surface area contributed by atoms with Crippen molar-refractivity contribution < 1.29 is 27.5 Å². The zero-order chi connectivity index (χ0) is 24.2. The van der Waals surface area contributed by atoms with Crippen molar-refractivity contribution in [2.24, 2.45) is 0 Å². The van der Waals surface area contributed by atoms with Crippen LogP contribution in [-0.4, -0.2) is 40.3 Å². The summed E-state index contributed by atoms with van der Waals surface area (Å²) < 4.78 is 44.6. The summed E-state index contributed by atoms with van der Waals surface area (Å²) in [6, 6.07) is 8.68. The van der Waals surface area contributed by atoms with Crippen molar-refractivity contribution in [1.82, 2.24) is 14.8 Å². The van der Waals surface area contributed by atoms with Gasteiger partial charge in [-0.1, -0.05) is 19.9 Å². The molecule has 8 nitrogen and oxygen atoms in total. The maximum Gasteiger partial charge on any atom is 0.417 e. The van der Waals surface area contributed by atoms with E-state index < -0.39 is 17.6 Å². The predicted molar refractivity (Wildman–Crippen MR) is 115 cm³/mol. The van der Waals surface area contributed by atoms with E-state index in [1.165, 1.54) is 24.1 Å². The highest BCUT2D eigenvalue weighted by Gasteiger charge is 2.31. The van der Waals surface area contributed by atoms with E-state index in [4.69, 9.17) is 4.74 Å². The van der Waals surface area contributed by atoms with Crippen molar-refractivity contribution in [2.75, 3.05) is 24.4 Å². The molecule has 0 saturated heterocycles. The number of nitrogens with one attached hydrogen (secondary N) is 2. The standard InChI is InChI=1S/C22H22F3N5O3/c1-13(2)20-17(11-27-30(20)18-8-7-14(10-26-18)22(23,24)25)21(32)29-16-6-4-5-15(9-16)28-19(31)12-33-3/h4-11,13H,12H2,1-3H3,(H,28,31)(H,29,32). The van der Waals surface area contributed by atoms with Crippen LogP contribution in [0.3, 0.4) is 0 Å². The molecule has 0 spiro atoms. The Morgan fingerprint density at radius 2 is 1.79 bits per heavy atom. The van der Waals surface area contributed by atoms with Gasteiger partial charge in [0.1, 0.15) is 6.61 Å². The molecular weight excluding hydrogens is 439 g/mol. The van der Waals surface area contributed by atoms with Gasteiger partial charge in [-0.3, -0.25) is 9.59 Å². The maximum absolute atomic E-state index is 13.0. The Labute approximate surface area is 187 Å². The minimum absolute atomic E-state index is 0.106. The molecule has 0 radical (unpaired) electrons. The number of carbonyl (C=O) groups excluding carboxylic acids is 2. The van der Waals surface area contributed by atoms with E-state index in [0.29, 0.717) is 17.1 Å². The highest BCUT2D eigenvalue weighted by Crippen LogP contribution is 2.29. The van der Waals surface area contributed by atoms with Crippen molar-refractivity contribution >= 4 is 23.2 Å². The lowest BCUT2D eigenvalue weighted by atomic mass is 10.1. The Morgan fingerprint density at radius 1 is 1.09 bits per heavy atom. The largest absolute Gasteiger partial charge is 0.417 e. The Bertz CT molecular complexity index is 1140. The highest BCUT2D eigenvalue weighted by atomic mass is 19.4. The molecule has 0 aliphatic carbocycles. The summed E-state index contributed by atoms with van der Waals surface area (Å²) in [7, 11) is 1.41. The first-order valence-corrected chi connectivity index (χ1v) is 9.92. The summed E-state index contributed by atoms with van der Waals surface area (Å²) in [5.41, 5.74) is 0.777. The van der Waals surface area contributed by atoms with E-state index in [1.54, 1.807) is 24.3 Å². The van der Waals surface area contributed by atoms with Crippen molar-refractivity contribution in [3.8, 4) is 5.82 Å². The van der Waals surface area contributed by atoms with Gasteiger partial charge in [0.25, 0.3) is 5.91 Å². The second-order valence-electron chi connectivity index (χ2n) is 7.43. The molecule has 2 heterocycles. The number of aromatic nitrogens is 3. The van der Waals surface area contributed by atoms with Crippen LogP contribution in [0, 0.1) is 0 Å². The summed E-state index contributed by atoms with van der Waals surface area (Å²) >= 11 is 0. The molecule has 3 rings (SSSR count). The molecule has 174 valence electrons. The molecule has 0 unspecified atom stereocenters. The van der Waals surface area contributed by atoms with Crippen molar-refractivity contribution in [3.63, 3.8) is 0 Å². The summed E-state index contributed by atoms with van der Waals surface area (Å²) in [5.74, 6) is -0.823. The molecule has 2 amide bonds. The van der Waals surface area contributed by atoms with Gasteiger partial charge >= 0.3 is 6.18 Å². The number of methoxy groups -OCH3 is 1. The van der Waals surface area contributed by atoms with Crippen molar-refractivity contribution in [3.05, 3.63) is 65.6 Å². The lowest BCUT2D eigenvalue weighted by molar-refractivity contribution is -0.137. The Hall–Kier alpha value is -3.73. The van der Waals surface area contributed by atoms with Crippen LogP contribution in [-0.2, 0) is 15.7 Å². The molecule has 2 aromatic heterocycles. The normalized spacial score (nSPS) is 11.5. The van der Waals surface area contributed by atoms with Crippen LogP contribution < -0.4 is 10.6 Å². The third-order valence-electron chi connectivity index (χ3n) is 4.57. The first kappa shape index (κ1) is 23.9. The molecule has 0 aliphatic rings. The lowest BCUT2D eigenvalue weighted by Crippen LogP contribution is -2.18. The molecule has 0 saturated carbocycles. The third-order valence-corrected chi connectivity index (χ3v) is 4.57. The number of alkyl halides is 3. The number of ether oxygens (including phenoxy) is 1. The molecule has 0 atom stereocenters. The van der Waals surface area contributed by atoms with Crippen LogP contribution in [0.1, 0.15) is 41.4 Å². The summed E-state index contributed by atoms with van der Waals surface area (Å²) in [6.45, 7) is 3.56. The number of anilines is 2. The molecular formula is C22H22F3N5O3. The number of rotatable bonds is 7. The summed E-state index contributed by atoms with van der Waals surface area (Å²) in [5, 5.41) is 9.58. The number of hydrogen-bond donors (Lipinski definition) is 2. The van der Waals surface area contributed by atoms with Gasteiger partial charge in [0.05, 0.1) is 23.0 Å². The van der Waals surface area contributed by atoms with E-state index in [2.05, 4.69) is 20.7 Å². The Kier molecular flexibility index (Phi) is 7.12. The van der Waals surface area contributed by atoms with E-state index in [9.17, 15) is 22.8 Å². The maximum atomic E-state index is 13.0. The van der Waals surface area contributed by atoms with E-state index in [1.807, 2.05) is 13.8 Å². The van der Waals surface area contributed by atoms with E-state index in [-0.39, 0.29) is 29.8 Å². The molecule has 0 fully saturated rings. The first-order chi connectivity index (χ1) is 15.6. The Balaban J connectivity index is 1.85. The van der Waals surface area contributed by atoms with Crippen LogP contribution in [0.2, 0.25) is 0 Å². The lowest BCUT2D eigenvalue weighted by Gasteiger charge is -2.13. The van der Waals surface area contributed by atoms with Crippen LogP contribution in [0.25, 0.3) is 5.82 Å². The van der Waals surface area contributed by atoms with Crippen LogP contribution >= 0.6 is 0 Å². The topological polar surface area (TPSA) is 98.1 Å². The fourth-order valence-electron chi connectivity index (χ4n) is 3.15. The summed E-state index contributed by atoms with van der Waals surface area (Å²) in [6.07, 6.45) is -2.43. The van der Waals surface area contributed by atoms with Crippen LogP contribution in [0.5, 0.6) is 0 Å². The number of nitrogens with zero attached hydrogens (tertiary/aromatic N) is 3. The molecule has 0 aliphatic heterocycles.